The van der Waals surface area contributed by atoms with Crippen LogP contribution < -0.4 is 0 Å². The molecule has 2 rings (SSSR count). The van der Waals surface area contributed by atoms with Crippen LogP contribution in [0.25, 0.3) is 0 Å². The Morgan fingerprint density at radius 3 is 2.32 bits per heavy atom. The number of esters is 1. The smallest absolute Gasteiger partial charge is 0.335 e. The highest BCUT2D eigenvalue weighted by Crippen LogP contribution is 2.33. The molecule has 0 bridgehead atoms. The lowest BCUT2D eigenvalue weighted by Gasteiger charge is -2.31. The number of methoxy groups -OCH3 is 1. The van der Waals surface area contributed by atoms with Gasteiger partial charge in [-0.25, -0.2) is 13.2 Å². The summed E-state index contributed by atoms with van der Waals surface area (Å²) in [5.74, 6) is -0.667. The van der Waals surface area contributed by atoms with E-state index in [1.54, 1.807) is 30.3 Å². The molecule has 2 aromatic carbocycles. The number of hydrogen-bond donors (Lipinski definition) is 0. The van der Waals surface area contributed by atoms with Gasteiger partial charge in [0, 0.05) is 6.54 Å². The lowest BCUT2D eigenvalue weighted by molar-refractivity contribution is -0.136. The average molecular weight is 400 g/mol. The molecule has 0 aliphatic rings. The van der Waals surface area contributed by atoms with Crippen molar-refractivity contribution in [1.82, 2.24) is 4.31 Å². The summed E-state index contributed by atoms with van der Waals surface area (Å²) in [4.78, 5) is 12.4. The Morgan fingerprint density at radius 2 is 1.79 bits per heavy atom. The number of rotatable bonds is 8. The fourth-order valence-corrected chi connectivity index (χ4v) is 4.52. The number of carbonyl (C=O) groups excluding carboxylic acids is 1. The van der Waals surface area contributed by atoms with Crippen LogP contribution in [0.4, 0.5) is 0 Å². The van der Waals surface area contributed by atoms with Gasteiger partial charge in [-0.1, -0.05) is 60.2 Å². The van der Waals surface area contributed by atoms with Crippen molar-refractivity contribution < 1.29 is 17.9 Å². The number of nitrogens with zero attached hydrogens (tertiary/aromatic N) is 1. The zero-order valence-electron chi connectivity index (χ0n) is 16.4. The molecule has 148 valence electrons. The van der Waals surface area contributed by atoms with Gasteiger partial charge in [-0.2, -0.15) is 4.31 Å². The molecule has 0 radical (unpaired) electrons. The van der Waals surface area contributed by atoms with Crippen molar-refractivity contribution in [1.29, 1.82) is 0 Å². The highest BCUT2D eigenvalue weighted by molar-refractivity contribution is 7.89. The minimum atomic E-state index is -3.93. The molecule has 28 heavy (non-hydrogen) atoms. The highest BCUT2D eigenvalue weighted by atomic mass is 32.2. The van der Waals surface area contributed by atoms with E-state index in [2.05, 4.69) is 13.2 Å². The van der Waals surface area contributed by atoms with Gasteiger partial charge >= 0.3 is 5.97 Å². The first kappa shape index (κ1) is 21.6. The molecule has 0 unspecified atom stereocenters. The van der Waals surface area contributed by atoms with Gasteiger partial charge < -0.3 is 4.74 Å². The summed E-state index contributed by atoms with van der Waals surface area (Å²) in [7, 11) is -2.69. The van der Waals surface area contributed by atoms with Crippen molar-refractivity contribution in [2.75, 3.05) is 13.7 Å². The summed E-state index contributed by atoms with van der Waals surface area (Å²) in [5, 5.41) is 0. The van der Waals surface area contributed by atoms with Gasteiger partial charge in [0.1, 0.15) is 0 Å². The van der Waals surface area contributed by atoms with Gasteiger partial charge in [0.15, 0.2) is 0 Å². The number of hydrogen-bond acceptors (Lipinski definition) is 4. The molecule has 6 heteroatoms. The molecule has 0 amide bonds. The van der Waals surface area contributed by atoms with Crippen LogP contribution >= 0.6 is 0 Å². The lowest BCUT2D eigenvalue weighted by Crippen LogP contribution is -2.37. The number of aryl methyl sites for hydroxylation is 2. The molecule has 0 N–H and O–H groups in total. The monoisotopic (exact) mass is 399 g/mol. The highest BCUT2D eigenvalue weighted by Gasteiger charge is 2.36. The lowest BCUT2D eigenvalue weighted by atomic mass is 9.98. The van der Waals surface area contributed by atoms with Gasteiger partial charge in [0.25, 0.3) is 0 Å². The molecule has 2 aromatic rings. The predicted octanol–water partition coefficient (Wildman–Crippen LogP) is 3.95. The Kier molecular flexibility index (Phi) is 6.94. The third kappa shape index (κ3) is 4.58. The van der Waals surface area contributed by atoms with E-state index >= 15 is 0 Å². The van der Waals surface area contributed by atoms with Crippen molar-refractivity contribution in [3.05, 3.63) is 90.0 Å². The largest absolute Gasteiger partial charge is 0.466 e. The van der Waals surface area contributed by atoms with Crippen LogP contribution in [0.1, 0.15) is 22.7 Å². The molecule has 0 aromatic heterocycles. The van der Waals surface area contributed by atoms with Crippen LogP contribution in [-0.4, -0.2) is 32.3 Å². The van der Waals surface area contributed by atoms with E-state index in [4.69, 9.17) is 4.74 Å². The number of ether oxygens (including phenoxy) is 1. The first-order chi connectivity index (χ1) is 13.2. The molecule has 0 saturated carbocycles. The van der Waals surface area contributed by atoms with Crippen LogP contribution in [0.2, 0.25) is 0 Å². The van der Waals surface area contributed by atoms with Crippen molar-refractivity contribution in [2.45, 2.75) is 24.8 Å². The van der Waals surface area contributed by atoms with Crippen LogP contribution in [0.5, 0.6) is 0 Å². The van der Waals surface area contributed by atoms with Crippen molar-refractivity contribution in [3.63, 3.8) is 0 Å². The molecule has 0 aliphatic carbocycles. The number of sulfonamides is 1. The van der Waals surface area contributed by atoms with E-state index in [1.807, 2.05) is 32.0 Å². The first-order valence-electron chi connectivity index (χ1n) is 8.75. The van der Waals surface area contributed by atoms with Gasteiger partial charge in [0.05, 0.1) is 23.6 Å². The van der Waals surface area contributed by atoms with Crippen LogP contribution in [0.15, 0.2) is 78.2 Å². The number of benzene rings is 2. The maximum absolute atomic E-state index is 13.4. The Morgan fingerprint density at radius 1 is 1.14 bits per heavy atom. The third-order valence-corrected chi connectivity index (χ3v) is 6.21. The second-order valence-electron chi connectivity index (χ2n) is 6.51. The summed E-state index contributed by atoms with van der Waals surface area (Å²) in [6, 6.07) is 13.0. The minimum Gasteiger partial charge on any atom is -0.466 e. The minimum absolute atomic E-state index is 0.00479. The summed E-state index contributed by atoms with van der Waals surface area (Å²) < 4.78 is 32.9. The second-order valence-corrected chi connectivity index (χ2v) is 8.40. The quantitative estimate of drug-likeness (QED) is 0.383. The molecule has 5 nitrogen and oxygen atoms in total. The topological polar surface area (TPSA) is 63.7 Å². The SMILES string of the molecule is C=CCN([C@@H](C(=C)C(=O)OC)c1cccc(C)c1)S(=O)(=O)c1ccc(C)cc1. The molecule has 0 heterocycles. The van der Waals surface area contributed by atoms with Crippen LogP contribution in [0, 0.1) is 13.8 Å². The van der Waals surface area contributed by atoms with Crippen molar-refractivity contribution in [3.8, 4) is 0 Å². The summed E-state index contributed by atoms with van der Waals surface area (Å²) >= 11 is 0. The molecule has 0 saturated heterocycles. The predicted molar refractivity (Wildman–Crippen MR) is 110 cm³/mol. The van der Waals surface area contributed by atoms with E-state index in [9.17, 15) is 13.2 Å². The first-order valence-corrected chi connectivity index (χ1v) is 10.2. The van der Waals surface area contributed by atoms with Crippen LogP contribution in [-0.2, 0) is 19.6 Å². The average Bonchev–Trinajstić information content (AvgIpc) is 2.67. The van der Waals surface area contributed by atoms with Gasteiger partial charge in [-0.3, -0.25) is 0 Å². The van der Waals surface area contributed by atoms with E-state index < -0.39 is 22.0 Å². The Balaban J connectivity index is 2.67. The molecular weight excluding hydrogens is 374 g/mol. The Labute approximate surface area is 167 Å². The van der Waals surface area contributed by atoms with Gasteiger partial charge in [-0.15, -0.1) is 6.58 Å². The summed E-state index contributed by atoms with van der Waals surface area (Å²) in [5.41, 5.74) is 2.55. The summed E-state index contributed by atoms with van der Waals surface area (Å²) in [6.07, 6.45) is 1.49. The molecular formula is C22H25NO4S. The van der Waals surface area contributed by atoms with Crippen molar-refractivity contribution >= 4 is 16.0 Å². The van der Waals surface area contributed by atoms with Crippen molar-refractivity contribution in [2.24, 2.45) is 0 Å². The van der Waals surface area contributed by atoms with Gasteiger partial charge in [0.2, 0.25) is 10.0 Å². The molecule has 0 aliphatic heterocycles. The molecule has 0 fully saturated rings. The van der Waals surface area contributed by atoms with Gasteiger partial charge in [-0.05, 0) is 31.5 Å². The fourth-order valence-electron chi connectivity index (χ4n) is 2.94. The van der Waals surface area contributed by atoms with E-state index in [0.717, 1.165) is 11.1 Å². The summed E-state index contributed by atoms with van der Waals surface area (Å²) in [6.45, 7) is 11.3. The molecule has 1 atom stereocenters. The van der Waals surface area contributed by atoms with E-state index in [1.165, 1.54) is 17.5 Å². The number of carbonyl (C=O) groups is 1. The standard InChI is InChI=1S/C22H25NO4S/c1-6-14-23(28(25,26)20-12-10-16(2)11-13-20)21(18(4)22(24)27-5)19-9-7-8-17(3)15-19/h6-13,15,21H,1,4,14H2,2-3,5H3/t21-/m0/s1. The zero-order chi connectivity index (χ0) is 20.9. The second kappa shape index (κ2) is 8.99. The Hall–Kier alpha value is -2.70. The maximum Gasteiger partial charge on any atom is 0.335 e. The third-order valence-electron chi connectivity index (χ3n) is 4.36. The van der Waals surface area contributed by atoms with E-state index in [-0.39, 0.29) is 17.0 Å². The molecule has 0 spiro atoms. The zero-order valence-corrected chi connectivity index (χ0v) is 17.2. The van der Waals surface area contributed by atoms with E-state index in [0.29, 0.717) is 5.56 Å². The van der Waals surface area contributed by atoms with Crippen LogP contribution in [0.3, 0.4) is 0 Å². The normalized spacial score (nSPS) is 12.4. The maximum atomic E-state index is 13.4. The Bertz CT molecular complexity index is 978. The fraction of sp³-hybridized carbons (Fsp3) is 0.227.